The van der Waals surface area contributed by atoms with E-state index < -0.39 is 16.1 Å². The smallest absolute Gasteiger partial charge is 0.240 e. The SMILES string of the molecule is CC(O)CCCNS(=O)(=O)c1ccc(Br)cc1. The van der Waals surface area contributed by atoms with Crippen LogP contribution in [0.1, 0.15) is 19.8 Å². The van der Waals surface area contributed by atoms with Crippen LogP contribution in [0.25, 0.3) is 0 Å². The minimum Gasteiger partial charge on any atom is -0.393 e. The Hall–Kier alpha value is -0.430. The number of aliphatic hydroxyl groups is 1. The van der Waals surface area contributed by atoms with Crippen molar-refractivity contribution in [3.8, 4) is 0 Å². The molecule has 0 fully saturated rings. The largest absolute Gasteiger partial charge is 0.393 e. The van der Waals surface area contributed by atoms with E-state index in [1.807, 2.05) is 0 Å². The van der Waals surface area contributed by atoms with Gasteiger partial charge in [-0.3, -0.25) is 0 Å². The minimum absolute atomic E-state index is 0.248. The maximum absolute atomic E-state index is 11.8. The van der Waals surface area contributed by atoms with Crippen molar-refractivity contribution < 1.29 is 13.5 Å². The van der Waals surface area contributed by atoms with Gasteiger partial charge in [-0.25, -0.2) is 13.1 Å². The van der Waals surface area contributed by atoms with E-state index in [9.17, 15) is 8.42 Å². The minimum atomic E-state index is -3.43. The molecule has 1 aromatic carbocycles. The van der Waals surface area contributed by atoms with Gasteiger partial charge in [-0.05, 0) is 44.0 Å². The third-order valence-corrected chi connectivity index (χ3v) is 4.22. The maximum atomic E-state index is 11.8. The molecule has 0 aliphatic rings. The molecule has 17 heavy (non-hydrogen) atoms. The first kappa shape index (κ1) is 14.6. The summed E-state index contributed by atoms with van der Waals surface area (Å²) in [7, 11) is -3.43. The van der Waals surface area contributed by atoms with Gasteiger partial charge in [0.1, 0.15) is 0 Å². The predicted octanol–water partition coefficient (Wildman–Crippen LogP) is 1.89. The maximum Gasteiger partial charge on any atom is 0.240 e. The summed E-state index contributed by atoms with van der Waals surface area (Å²) >= 11 is 3.25. The van der Waals surface area contributed by atoms with E-state index in [-0.39, 0.29) is 4.90 Å². The molecule has 0 heterocycles. The summed E-state index contributed by atoms with van der Waals surface area (Å²) in [6, 6.07) is 6.46. The Bertz CT molecular complexity index is 442. The van der Waals surface area contributed by atoms with Crippen molar-refractivity contribution in [3.63, 3.8) is 0 Å². The first-order valence-electron chi connectivity index (χ1n) is 5.35. The van der Waals surface area contributed by atoms with E-state index in [2.05, 4.69) is 20.7 Å². The van der Waals surface area contributed by atoms with Crippen molar-refractivity contribution in [2.24, 2.45) is 0 Å². The van der Waals surface area contributed by atoms with Crippen molar-refractivity contribution >= 4 is 26.0 Å². The Morgan fingerprint density at radius 3 is 2.47 bits per heavy atom. The van der Waals surface area contributed by atoms with Crippen molar-refractivity contribution in [3.05, 3.63) is 28.7 Å². The van der Waals surface area contributed by atoms with Gasteiger partial charge in [-0.1, -0.05) is 15.9 Å². The Morgan fingerprint density at radius 2 is 1.94 bits per heavy atom. The molecule has 0 bridgehead atoms. The summed E-state index contributed by atoms with van der Waals surface area (Å²) in [6.07, 6.45) is 0.809. The zero-order valence-electron chi connectivity index (χ0n) is 9.56. The highest BCUT2D eigenvalue weighted by atomic mass is 79.9. The molecule has 6 heteroatoms. The highest BCUT2D eigenvalue weighted by Gasteiger charge is 2.12. The van der Waals surface area contributed by atoms with E-state index in [1.54, 1.807) is 31.2 Å². The molecular weight excluding hydrogens is 306 g/mol. The topological polar surface area (TPSA) is 66.4 Å². The third kappa shape index (κ3) is 5.16. The lowest BCUT2D eigenvalue weighted by atomic mass is 10.2. The number of hydrogen-bond donors (Lipinski definition) is 2. The van der Waals surface area contributed by atoms with E-state index in [0.717, 1.165) is 4.47 Å². The van der Waals surface area contributed by atoms with Gasteiger partial charge >= 0.3 is 0 Å². The highest BCUT2D eigenvalue weighted by Crippen LogP contribution is 2.14. The van der Waals surface area contributed by atoms with Gasteiger partial charge in [0.15, 0.2) is 0 Å². The standard InChI is InChI=1S/C11H16BrNO3S/c1-9(14)3-2-8-13-17(15,16)11-6-4-10(12)5-7-11/h4-7,9,13-14H,2-3,8H2,1H3. The van der Waals surface area contributed by atoms with Crippen LogP contribution in [-0.4, -0.2) is 26.2 Å². The van der Waals surface area contributed by atoms with Crippen LogP contribution >= 0.6 is 15.9 Å². The van der Waals surface area contributed by atoms with Crippen LogP contribution in [0.2, 0.25) is 0 Å². The van der Waals surface area contributed by atoms with E-state index in [1.165, 1.54) is 0 Å². The first-order chi connectivity index (χ1) is 7.92. The quantitative estimate of drug-likeness (QED) is 0.786. The van der Waals surface area contributed by atoms with Gasteiger partial charge in [0, 0.05) is 11.0 Å². The first-order valence-corrected chi connectivity index (χ1v) is 7.63. The summed E-state index contributed by atoms with van der Waals surface area (Å²) < 4.78 is 26.9. The average molecular weight is 322 g/mol. The van der Waals surface area contributed by atoms with E-state index >= 15 is 0 Å². The van der Waals surface area contributed by atoms with Gasteiger partial charge in [-0.15, -0.1) is 0 Å². The summed E-state index contributed by atoms with van der Waals surface area (Å²) in [5.41, 5.74) is 0. The molecule has 0 spiro atoms. The lowest BCUT2D eigenvalue weighted by Crippen LogP contribution is -2.25. The summed E-state index contributed by atoms with van der Waals surface area (Å²) in [4.78, 5) is 0.248. The van der Waals surface area contributed by atoms with E-state index in [0.29, 0.717) is 19.4 Å². The number of benzene rings is 1. The lowest BCUT2D eigenvalue weighted by molar-refractivity contribution is 0.182. The number of sulfonamides is 1. The fraction of sp³-hybridized carbons (Fsp3) is 0.455. The molecule has 1 atom stereocenters. The summed E-state index contributed by atoms with van der Waals surface area (Å²) in [6.45, 7) is 2.02. The number of rotatable bonds is 6. The molecule has 96 valence electrons. The van der Waals surface area contributed by atoms with Gasteiger partial charge in [-0.2, -0.15) is 0 Å². The van der Waals surface area contributed by atoms with Crippen LogP contribution in [0, 0.1) is 0 Å². The van der Waals surface area contributed by atoms with Crippen LogP contribution in [0.5, 0.6) is 0 Å². The third-order valence-electron chi connectivity index (χ3n) is 2.21. The molecule has 4 nitrogen and oxygen atoms in total. The molecule has 1 unspecified atom stereocenters. The molecule has 0 radical (unpaired) electrons. The molecule has 0 aromatic heterocycles. The lowest BCUT2D eigenvalue weighted by Gasteiger charge is -2.07. The second-order valence-electron chi connectivity index (χ2n) is 3.84. The molecule has 1 rings (SSSR count). The van der Waals surface area contributed by atoms with E-state index in [4.69, 9.17) is 5.11 Å². The Kier molecular flexibility index (Phi) is 5.58. The van der Waals surface area contributed by atoms with Crippen LogP contribution in [0.4, 0.5) is 0 Å². The fourth-order valence-electron chi connectivity index (χ4n) is 1.30. The number of aliphatic hydroxyl groups excluding tert-OH is 1. The molecule has 2 N–H and O–H groups in total. The van der Waals surface area contributed by atoms with Gasteiger partial charge < -0.3 is 5.11 Å². The molecule has 1 aromatic rings. The molecule has 0 aliphatic carbocycles. The monoisotopic (exact) mass is 321 g/mol. The summed E-state index contributed by atoms with van der Waals surface area (Å²) in [5, 5.41) is 9.05. The number of hydrogen-bond acceptors (Lipinski definition) is 3. The molecular formula is C11H16BrNO3S. The predicted molar refractivity (Wildman–Crippen MR) is 70.2 cm³/mol. The van der Waals surface area contributed by atoms with Gasteiger partial charge in [0.05, 0.1) is 11.0 Å². The molecule has 0 saturated carbocycles. The van der Waals surface area contributed by atoms with Gasteiger partial charge in [0.2, 0.25) is 10.0 Å². The van der Waals surface area contributed by atoms with Crippen LogP contribution in [0.15, 0.2) is 33.6 Å². The van der Waals surface area contributed by atoms with Crippen molar-refractivity contribution in [1.82, 2.24) is 4.72 Å². The fourth-order valence-corrected chi connectivity index (χ4v) is 2.64. The van der Waals surface area contributed by atoms with Crippen LogP contribution in [0.3, 0.4) is 0 Å². The van der Waals surface area contributed by atoms with Crippen molar-refractivity contribution in [2.45, 2.75) is 30.8 Å². The van der Waals surface area contributed by atoms with Crippen molar-refractivity contribution in [2.75, 3.05) is 6.54 Å². The van der Waals surface area contributed by atoms with Gasteiger partial charge in [0.25, 0.3) is 0 Å². The Morgan fingerprint density at radius 1 is 1.35 bits per heavy atom. The van der Waals surface area contributed by atoms with Crippen molar-refractivity contribution in [1.29, 1.82) is 0 Å². The Balaban J connectivity index is 2.54. The second kappa shape index (κ2) is 6.49. The number of nitrogens with one attached hydrogen (secondary N) is 1. The van der Waals surface area contributed by atoms with Crippen LogP contribution in [-0.2, 0) is 10.0 Å². The molecule has 0 amide bonds. The zero-order valence-corrected chi connectivity index (χ0v) is 12.0. The van der Waals surface area contributed by atoms with Crippen LogP contribution < -0.4 is 4.72 Å². The number of halogens is 1. The average Bonchev–Trinajstić information content (AvgIpc) is 2.25. The molecule has 0 aliphatic heterocycles. The summed E-state index contributed by atoms with van der Waals surface area (Å²) in [5.74, 6) is 0. The highest BCUT2D eigenvalue weighted by molar-refractivity contribution is 9.10. The second-order valence-corrected chi connectivity index (χ2v) is 6.53. The zero-order chi connectivity index (χ0) is 12.9. The Labute approximate surface area is 110 Å². The molecule has 0 saturated heterocycles. The normalized spacial score (nSPS) is 13.6.